The van der Waals surface area contributed by atoms with E-state index in [1.54, 1.807) is 0 Å². The standard InChI is InChI=1S/C19H25F5N2O3S/c1-30(27,28)15-2-3-17(25-11-15)29-9-6-14-10-16(14)13-4-7-26(8-5-13)12-18(20,21)19(22,23)24/h2-3,11,13-14,16H,4-10,12H2,1H3/t14?,16-/m1/s1. The first kappa shape index (κ1) is 23.2. The first-order valence-electron chi connectivity index (χ1n) is 9.82. The molecule has 1 saturated heterocycles. The highest BCUT2D eigenvalue weighted by Crippen LogP contribution is 2.50. The van der Waals surface area contributed by atoms with Crippen molar-refractivity contribution in [3.63, 3.8) is 0 Å². The van der Waals surface area contributed by atoms with Crippen LogP contribution in [0.25, 0.3) is 0 Å². The summed E-state index contributed by atoms with van der Waals surface area (Å²) in [6.45, 7) is -0.321. The fraction of sp³-hybridized carbons (Fsp3) is 0.737. The topological polar surface area (TPSA) is 59.5 Å². The number of piperidine rings is 1. The number of hydrogen-bond donors (Lipinski definition) is 0. The van der Waals surface area contributed by atoms with Crippen molar-refractivity contribution in [3.8, 4) is 5.88 Å². The smallest absolute Gasteiger partial charge is 0.454 e. The van der Waals surface area contributed by atoms with Crippen LogP contribution in [0.5, 0.6) is 5.88 Å². The van der Waals surface area contributed by atoms with Crippen molar-refractivity contribution in [2.45, 2.75) is 42.7 Å². The molecule has 30 heavy (non-hydrogen) atoms. The molecule has 0 spiro atoms. The van der Waals surface area contributed by atoms with Crippen LogP contribution in [-0.4, -0.2) is 62.9 Å². The SMILES string of the molecule is CS(=O)(=O)c1ccc(OCCC2C[C@@H]2C2CCN(CC(F)(F)C(F)(F)F)CC2)nc1. The third-order valence-corrected chi connectivity index (χ3v) is 7.03. The van der Waals surface area contributed by atoms with Gasteiger partial charge in [-0.25, -0.2) is 13.4 Å². The van der Waals surface area contributed by atoms with Crippen LogP contribution in [0.4, 0.5) is 22.0 Å². The molecule has 1 saturated carbocycles. The molecular formula is C19H25F5N2O3S. The van der Waals surface area contributed by atoms with E-state index in [0.29, 0.717) is 43.1 Å². The Bertz CT molecular complexity index is 822. The lowest BCUT2D eigenvalue weighted by Crippen LogP contribution is -2.49. The van der Waals surface area contributed by atoms with Gasteiger partial charge in [0.2, 0.25) is 5.88 Å². The summed E-state index contributed by atoms with van der Waals surface area (Å²) in [5, 5.41) is 0. The van der Waals surface area contributed by atoms with Crippen LogP contribution in [-0.2, 0) is 9.84 Å². The maximum Gasteiger partial charge on any atom is 0.454 e. The zero-order valence-corrected chi connectivity index (χ0v) is 17.4. The van der Waals surface area contributed by atoms with Crippen LogP contribution in [0.15, 0.2) is 23.2 Å². The van der Waals surface area contributed by atoms with Gasteiger partial charge in [-0.2, -0.15) is 22.0 Å². The molecule has 5 nitrogen and oxygen atoms in total. The van der Waals surface area contributed by atoms with Crippen molar-refractivity contribution in [3.05, 3.63) is 18.3 Å². The molecule has 0 radical (unpaired) electrons. The average molecular weight is 456 g/mol. The fourth-order valence-electron chi connectivity index (χ4n) is 4.08. The van der Waals surface area contributed by atoms with Crippen LogP contribution in [0, 0.1) is 17.8 Å². The number of pyridine rings is 1. The van der Waals surface area contributed by atoms with E-state index < -0.39 is 28.5 Å². The summed E-state index contributed by atoms with van der Waals surface area (Å²) >= 11 is 0. The van der Waals surface area contributed by atoms with E-state index in [1.165, 1.54) is 23.2 Å². The number of rotatable bonds is 8. The number of aromatic nitrogens is 1. The summed E-state index contributed by atoms with van der Waals surface area (Å²) in [6.07, 6.45) is -0.0924. The van der Waals surface area contributed by atoms with Crippen molar-refractivity contribution in [2.75, 3.05) is 32.5 Å². The molecule has 1 aromatic heterocycles. The second kappa shape index (κ2) is 8.57. The van der Waals surface area contributed by atoms with Crippen molar-refractivity contribution >= 4 is 9.84 Å². The number of nitrogens with zero attached hydrogens (tertiary/aromatic N) is 2. The first-order valence-corrected chi connectivity index (χ1v) is 11.7. The Morgan fingerprint density at radius 2 is 1.83 bits per heavy atom. The van der Waals surface area contributed by atoms with Crippen molar-refractivity contribution in [1.82, 2.24) is 9.88 Å². The maximum absolute atomic E-state index is 13.2. The van der Waals surface area contributed by atoms with Gasteiger partial charge < -0.3 is 4.74 Å². The fourth-order valence-corrected chi connectivity index (χ4v) is 4.64. The molecule has 1 aliphatic carbocycles. The number of ether oxygens (including phenoxy) is 1. The largest absolute Gasteiger partial charge is 0.478 e. The van der Waals surface area contributed by atoms with Gasteiger partial charge in [0.25, 0.3) is 0 Å². The molecular weight excluding hydrogens is 431 g/mol. The Hall–Kier alpha value is -1.49. The van der Waals surface area contributed by atoms with Crippen molar-refractivity contribution < 1.29 is 35.1 Å². The van der Waals surface area contributed by atoms with Gasteiger partial charge in [-0.1, -0.05) is 0 Å². The minimum Gasteiger partial charge on any atom is -0.478 e. The van der Waals surface area contributed by atoms with E-state index in [4.69, 9.17) is 4.74 Å². The lowest BCUT2D eigenvalue weighted by Gasteiger charge is -2.34. The highest BCUT2D eigenvalue weighted by atomic mass is 32.2. The van der Waals surface area contributed by atoms with Gasteiger partial charge in [0.1, 0.15) is 0 Å². The zero-order valence-electron chi connectivity index (χ0n) is 16.5. The molecule has 0 N–H and O–H groups in total. The van der Waals surface area contributed by atoms with Gasteiger partial charge >= 0.3 is 12.1 Å². The Balaban J connectivity index is 1.36. The van der Waals surface area contributed by atoms with Crippen molar-refractivity contribution in [1.29, 1.82) is 0 Å². The number of halogens is 5. The molecule has 11 heteroatoms. The van der Waals surface area contributed by atoms with Crippen LogP contribution >= 0.6 is 0 Å². The van der Waals surface area contributed by atoms with Crippen LogP contribution in [0.1, 0.15) is 25.7 Å². The molecule has 2 aliphatic rings. The highest BCUT2D eigenvalue weighted by Gasteiger charge is 2.58. The predicted octanol–water partition coefficient (Wildman–Crippen LogP) is 3.80. The van der Waals surface area contributed by atoms with E-state index in [-0.39, 0.29) is 18.0 Å². The lowest BCUT2D eigenvalue weighted by atomic mass is 9.90. The molecule has 1 unspecified atom stereocenters. The molecule has 0 aromatic carbocycles. The summed E-state index contributed by atoms with van der Waals surface area (Å²) in [5.41, 5.74) is 0. The summed E-state index contributed by atoms with van der Waals surface area (Å²) in [5.74, 6) is -3.07. The maximum atomic E-state index is 13.2. The average Bonchev–Trinajstić information content (AvgIpc) is 3.40. The molecule has 2 heterocycles. The molecule has 2 atom stereocenters. The summed E-state index contributed by atoms with van der Waals surface area (Å²) in [4.78, 5) is 5.30. The van der Waals surface area contributed by atoms with Gasteiger partial charge in [0.15, 0.2) is 9.84 Å². The minimum absolute atomic E-state index is 0.122. The Labute approximate surface area is 172 Å². The summed E-state index contributed by atoms with van der Waals surface area (Å²) < 4.78 is 91.8. The van der Waals surface area contributed by atoms with Gasteiger partial charge in [-0.15, -0.1) is 0 Å². The van der Waals surface area contributed by atoms with Crippen molar-refractivity contribution in [2.24, 2.45) is 17.8 Å². The van der Waals surface area contributed by atoms with E-state index in [0.717, 1.165) is 19.1 Å². The summed E-state index contributed by atoms with van der Waals surface area (Å²) in [6, 6.07) is 2.95. The normalized spacial score (nSPS) is 24.1. The predicted molar refractivity (Wildman–Crippen MR) is 99.2 cm³/mol. The molecule has 0 amide bonds. The Morgan fingerprint density at radius 3 is 2.37 bits per heavy atom. The highest BCUT2D eigenvalue weighted by molar-refractivity contribution is 7.90. The van der Waals surface area contributed by atoms with E-state index in [2.05, 4.69) is 4.98 Å². The Morgan fingerprint density at radius 1 is 1.17 bits per heavy atom. The molecule has 170 valence electrons. The Kier molecular flexibility index (Phi) is 6.62. The molecule has 1 aliphatic heterocycles. The van der Waals surface area contributed by atoms with Crippen LogP contribution in [0.3, 0.4) is 0 Å². The third kappa shape index (κ3) is 5.81. The molecule has 1 aromatic rings. The second-order valence-corrected chi connectivity index (χ2v) is 10.2. The van der Waals surface area contributed by atoms with E-state index in [1.807, 2.05) is 0 Å². The first-order chi connectivity index (χ1) is 13.9. The quantitative estimate of drug-likeness (QED) is 0.557. The van der Waals surface area contributed by atoms with Crippen LogP contribution in [0.2, 0.25) is 0 Å². The molecule has 2 fully saturated rings. The zero-order chi connectivity index (χ0) is 22.2. The van der Waals surface area contributed by atoms with E-state index >= 15 is 0 Å². The van der Waals surface area contributed by atoms with Crippen LogP contribution < -0.4 is 4.74 Å². The third-order valence-electron chi connectivity index (χ3n) is 5.93. The number of alkyl halides is 5. The number of sulfone groups is 1. The number of likely N-dealkylation sites (tertiary alicyclic amines) is 1. The van der Waals surface area contributed by atoms with Gasteiger partial charge in [-0.3, -0.25) is 4.90 Å². The minimum atomic E-state index is -5.51. The second-order valence-electron chi connectivity index (χ2n) is 8.22. The molecule has 3 rings (SSSR count). The van der Waals surface area contributed by atoms with Gasteiger partial charge in [0.05, 0.1) is 18.0 Å². The number of hydrogen-bond acceptors (Lipinski definition) is 5. The van der Waals surface area contributed by atoms with Gasteiger partial charge in [0, 0.05) is 18.5 Å². The van der Waals surface area contributed by atoms with E-state index in [9.17, 15) is 30.4 Å². The molecule has 0 bridgehead atoms. The van der Waals surface area contributed by atoms with Gasteiger partial charge in [-0.05, 0) is 62.6 Å². The monoisotopic (exact) mass is 456 g/mol. The lowest BCUT2D eigenvalue weighted by molar-refractivity contribution is -0.287. The summed E-state index contributed by atoms with van der Waals surface area (Å²) in [7, 11) is -3.30.